The third kappa shape index (κ3) is 8.64. The molecule has 1 aliphatic rings. The maximum Gasteiger partial charge on any atom is 0.411 e. The highest BCUT2D eigenvalue weighted by Gasteiger charge is 2.24. The van der Waals surface area contributed by atoms with Gasteiger partial charge in [-0.3, -0.25) is 15.0 Å². The van der Waals surface area contributed by atoms with Crippen LogP contribution in [0.1, 0.15) is 19.3 Å². The molecule has 1 saturated heterocycles. The van der Waals surface area contributed by atoms with E-state index < -0.39 is 16.1 Å². The van der Waals surface area contributed by atoms with Gasteiger partial charge in [-0.2, -0.15) is 4.72 Å². The van der Waals surface area contributed by atoms with Crippen LogP contribution in [0.5, 0.6) is 0 Å². The van der Waals surface area contributed by atoms with Crippen molar-refractivity contribution in [3.05, 3.63) is 84.9 Å². The Kier molecular flexibility index (Phi) is 9.69. The topological polar surface area (TPSA) is 108 Å². The van der Waals surface area contributed by atoms with E-state index in [1.165, 1.54) is 4.90 Å². The maximum absolute atomic E-state index is 13.0. The highest BCUT2D eigenvalue weighted by Crippen LogP contribution is 2.28. The normalized spacial score (nSPS) is 14.5. The van der Waals surface area contributed by atoms with Gasteiger partial charge in [0.15, 0.2) is 0 Å². The van der Waals surface area contributed by atoms with E-state index in [9.17, 15) is 18.0 Å². The highest BCUT2D eigenvalue weighted by molar-refractivity contribution is 7.88. The van der Waals surface area contributed by atoms with Gasteiger partial charge in [0.2, 0.25) is 15.9 Å². The van der Waals surface area contributed by atoms with E-state index in [1.807, 2.05) is 60.7 Å². The zero-order chi connectivity index (χ0) is 27.7. The van der Waals surface area contributed by atoms with E-state index >= 15 is 0 Å². The first-order valence-corrected chi connectivity index (χ1v) is 14.8. The molecule has 2 amide bonds. The van der Waals surface area contributed by atoms with Crippen LogP contribution in [-0.2, 0) is 19.6 Å². The van der Waals surface area contributed by atoms with Crippen molar-refractivity contribution < 1.29 is 22.7 Å². The quantitative estimate of drug-likeness (QED) is 0.365. The molecule has 0 radical (unpaired) electrons. The fraction of sp³-hybridized carbons (Fsp3) is 0.310. The molecule has 0 bridgehead atoms. The SMILES string of the molecule is CS(=O)(=O)NCN(C(=O)CCN1CCC(OC(=O)Nc2ccccc2-c2ccccc2)CC1)c1ccccc1. The van der Waals surface area contributed by atoms with Crippen LogP contribution < -0.4 is 14.9 Å². The molecule has 0 aliphatic carbocycles. The van der Waals surface area contributed by atoms with Crippen molar-refractivity contribution in [1.29, 1.82) is 0 Å². The van der Waals surface area contributed by atoms with Gasteiger partial charge in [0, 0.05) is 37.3 Å². The van der Waals surface area contributed by atoms with Gasteiger partial charge >= 0.3 is 6.09 Å². The Bertz CT molecular complexity index is 1340. The van der Waals surface area contributed by atoms with Crippen LogP contribution in [0.3, 0.4) is 0 Å². The minimum absolute atomic E-state index is 0.125. The Morgan fingerprint density at radius 1 is 0.923 bits per heavy atom. The summed E-state index contributed by atoms with van der Waals surface area (Å²) < 4.78 is 31.3. The summed E-state index contributed by atoms with van der Waals surface area (Å²) in [6.07, 6.45) is 1.95. The molecule has 1 aliphatic heterocycles. The molecular weight excluding hydrogens is 516 g/mol. The first-order valence-electron chi connectivity index (χ1n) is 12.9. The number of para-hydroxylation sites is 2. The number of amides is 2. The van der Waals surface area contributed by atoms with Crippen molar-refractivity contribution in [2.45, 2.75) is 25.4 Å². The number of ether oxygens (including phenoxy) is 1. The molecule has 39 heavy (non-hydrogen) atoms. The smallest absolute Gasteiger partial charge is 0.411 e. The van der Waals surface area contributed by atoms with Crippen LogP contribution in [0, 0.1) is 0 Å². The number of anilines is 2. The minimum Gasteiger partial charge on any atom is -0.446 e. The monoisotopic (exact) mass is 550 g/mol. The predicted molar refractivity (Wildman–Crippen MR) is 153 cm³/mol. The van der Waals surface area contributed by atoms with E-state index in [0.29, 0.717) is 43.9 Å². The molecule has 3 aromatic rings. The first kappa shape index (κ1) is 28.3. The highest BCUT2D eigenvalue weighted by atomic mass is 32.2. The fourth-order valence-corrected chi connectivity index (χ4v) is 4.87. The summed E-state index contributed by atoms with van der Waals surface area (Å²) in [5.41, 5.74) is 3.25. The van der Waals surface area contributed by atoms with Gasteiger partial charge in [-0.05, 0) is 36.6 Å². The van der Waals surface area contributed by atoms with Crippen LogP contribution in [0.25, 0.3) is 11.1 Å². The van der Waals surface area contributed by atoms with Gasteiger partial charge in [0.25, 0.3) is 0 Å². The third-order valence-electron chi connectivity index (χ3n) is 6.55. The van der Waals surface area contributed by atoms with Crippen molar-refractivity contribution in [2.24, 2.45) is 0 Å². The molecule has 0 spiro atoms. The summed E-state index contributed by atoms with van der Waals surface area (Å²) in [6, 6.07) is 26.5. The molecule has 4 rings (SSSR count). The summed E-state index contributed by atoms with van der Waals surface area (Å²) in [5, 5.41) is 2.88. The molecule has 0 unspecified atom stereocenters. The lowest BCUT2D eigenvalue weighted by atomic mass is 10.0. The average molecular weight is 551 g/mol. The number of rotatable bonds is 10. The Morgan fingerprint density at radius 3 is 2.21 bits per heavy atom. The molecule has 2 N–H and O–H groups in total. The number of hydrogen-bond donors (Lipinski definition) is 2. The standard InChI is InChI=1S/C29H34N4O5S/c1-39(36,37)30-22-33(24-12-6-3-7-13-24)28(34)18-21-32-19-16-25(17-20-32)38-29(35)31-27-15-9-8-14-26(27)23-10-4-2-5-11-23/h2-15,25,30H,16-22H2,1H3,(H,31,35). The van der Waals surface area contributed by atoms with Crippen molar-refractivity contribution in [2.75, 3.05) is 42.8 Å². The van der Waals surface area contributed by atoms with Crippen LogP contribution in [0.4, 0.5) is 16.2 Å². The number of benzene rings is 3. The number of likely N-dealkylation sites (tertiary alicyclic amines) is 1. The Morgan fingerprint density at radius 2 is 1.54 bits per heavy atom. The molecule has 1 heterocycles. The lowest BCUT2D eigenvalue weighted by Gasteiger charge is -2.32. The maximum atomic E-state index is 13.0. The van der Waals surface area contributed by atoms with E-state index in [2.05, 4.69) is 14.9 Å². The van der Waals surface area contributed by atoms with Gasteiger partial charge in [-0.25, -0.2) is 13.2 Å². The molecule has 1 fully saturated rings. The summed E-state index contributed by atoms with van der Waals surface area (Å²) in [6.45, 7) is 1.79. The molecule has 9 nitrogen and oxygen atoms in total. The van der Waals surface area contributed by atoms with E-state index in [4.69, 9.17) is 4.74 Å². The first-order chi connectivity index (χ1) is 18.8. The molecule has 10 heteroatoms. The van der Waals surface area contributed by atoms with Crippen LogP contribution in [0.15, 0.2) is 84.9 Å². The molecular formula is C29H34N4O5S. The van der Waals surface area contributed by atoms with E-state index in [1.54, 1.807) is 24.3 Å². The second kappa shape index (κ2) is 13.4. The van der Waals surface area contributed by atoms with Crippen molar-refractivity contribution in [3.8, 4) is 11.1 Å². The summed E-state index contributed by atoms with van der Waals surface area (Å²) in [4.78, 5) is 29.3. The summed E-state index contributed by atoms with van der Waals surface area (Å²) in [7, 11) is -3.45. The van der Waals surface area contributed by atoms with Crippen molar-refractivity contribution in [3.63, 3.8) is 0 Å². The number of carbonyl (C=O) groups excluding carboxylic acids is 2. The molecule has 0 aromatic heterocycles. The lowest BCUT2D eigenvalue weighted by Crippen LogP contribution is -2.43. The number of nitrogens with one attached hydrogen (secondary N) is 2. The molecule has 0 atom stereocenters. The number of sulfonamides is 1. The molecule has 206 valence electrons. The number of piperidine rings is 1. The fourth-order valence-electron chi connectivity index (χ4n) is 4.50. The largest absolute Gasteiger partial charge is 0.446 e. The zero-order valence-electron chi connectivity index (χ0n) is 22.0. The van der Waals surface area contributed by atoms with Gasteiger partial charge in [-0.1, -0.05) is 66.7 Å². The second-order valence-corrected chi connectivity index (χ2v) is 11.3. The second-order valence-electron chi connectivity index (χ2n) is 9.46. The van der Waals surface area contributed by atoms with Crippen LogP contribution in [-0.4, -0.2) is 64.0 Å². The van der Waals surface area contributed by atoms with Crippen molar-refractivity contribution >= 4 is 33.4 Å². The van der Waals surface area contributed by atoms with E-state index in [-0.39, 0.29) is 25.1 Å². The average Bonchev–Trinajstić information content (AvgIpc) is 2.93. The Balaban J connectivity index is 1.25. The lowest BCUT2D eigenvalue weighted by molar-refractivity contribution is -0.119. The number of hydrogen-bond acceptors (Lipinski definition) is 6. The summed E-state index contributed by atoms with van der Waals surface area (Å²) >= 11 is 0. The molecule has 0 saturated carbocycles. The predicted octanol–water partition coefficient (Wildman–Crippen LogP) is 4.30. The van der Waals surface area contributed by atoms with Gasteiger partial charge in [0.05, 0.1) is 18.6 Å². The zero-order valence-corrected chi connectivity index (χ0v) is 22.8. The van der Waals surface area contributed by atoms with Crippen LogP contribution >= 0.6 is 0 Å². The van der Waals surface area contributed by atoms with E-state index in [0.717, 1.165) is 17.4 Å². The Labute approximate surface area is 229 Å². The Hall–Kier alpha value is -3.73. The number of nitrogens with zero attached hydrogens (tertiary/aromatic N) is 2. The third-order valence-corrected chi connectivity index (χ3v) is 7.21. The van der Waals surface area contributed by atoms with Gasteiger partial charge < -0.3 is 9.64 Å². The minimum atomic E-state index is -3.45. The summed E-state index contributed by atoms with van der Waals surface area (Å²) in [5.74, 6) is -0.174. The van der Waals surface area contributed by atoms with Gasteiger partial charge in [-0.15, -0.1) is 0 Å². The van der Waals surface area contributed by atoms with Crippen LogP contribution in [0.2, 0.25) is 0 Å². The van der Waals surface area contributed by atoms with Crippen molar-refractivity contribution in [1.82, 2.24) is 9.62 Å². The molecule has 3 aromatic carbocycles. The number of carbonyl (C=O) groups is 2. The van der Waals surface area contributed by atoms with Gasteiger partial charge in [0.1, 0.15) is 6.10 Å².